The number of methoxy groups -OCH3 is 1. The average Bonchev–Trinajstić information content (AvgIpc) is 3.98. The molecule has 1 saturated heterocycles. The summed E-state index contributed by atoms with van der Waals surface area (Å²) in [7, 11) is 1.57. The molecule has 7 rings (SSSR count). The van der Waals surface area contributed by atoms with Gasteiger partial charge in [0.1, 0.15) is 43.4 Å². The third kappa shape index (κ3) is 13.3. The SMILES string of the molecule is CC[C@@]1(O)C(=O)OCc2c1cc1n(c2=O)Cc2c-1nc1cc(F)c(C)c3c1c2[C@@H](NC(=O)[C@H](O)CCOCNC(=O)[C@H](C)NC(=O)[C@H](C)NC(=O)C(CNC(=O)CCOCCOCCOCCOC)N1C(=O)CC(C)C1=O)CC3. The fraction of sp³-hybridized carbons (Fsp3) is 0.585. The van der Waals surface area contributed by atoms with Crippen LogP contribution in [-0.2, 0) is 92.0 Å². The highest BCUT2D eigenvalue weighted by Crippen LogP contribution is 2.46. The van der Waals surface area contributed by atoms with Crippen LogP contribution in [0.4, 0.5) is 4.39 Å². The van der Waals surface area contributed by atoms with Gasteiger partial charge >= 0.3 is 5.97 Å². The van der Waals surface area contributed by atoms with E-state index in [0.29, 0.717) is 78.3 Å². The number of carbonyl (C=O) groups excluding carboxylic acids is 8. The Labute approximate surface area is 453 Å². The van der Waals surface area contributed by atoms with Gasteiger partial charge in [0.25, 0.3) is 5.56 Å². The topological polar surface area (TPSA) is 331 Å². The highest BCUT2D eigenvalue weighted by Gasteiger charge is 2.47. The number of likely N-dealkylation sites (tertiary alicyclic amines) is 1. The molecule has 1 fully saturated rings. The van der Waals surface area contributed by atoms with Crippen LogP contribution in [-0.4, -0.2) is 169 Å². The van der Waals surface area contributed by atoms with Gasteiger partial charge in [-0.05, 0) is 62.8 Å². The van der Waals surface area contributed by atoms with Crippen LogP contribution in [0.2, 0.25) is 0 Å². The molecule has 1 aliphatic carbocycles. The van der Waals surface area contributed by atoms with E-state index in [9.17, 15) is 53.4 Å². The van der Waals surface area contributed by atoms with Crippen molar-refractivity contribution in [2.24, 2.45) is 5.92 Å². The van der Waals surface area contributed by atoms with Crippen LogP contribution >= 0.6 is 0 Å². The Morgan fingerprint density at radius 2 is 1.54 bits per heavy atom. The first kappa shape index (κ1) is 59.8. The Morgan fingerprint density at radius 1 is 0.873 bits per heavy atom. The number of hydrogen-bond acceptors (Lipinski definition) is 18. The van der Waals surface area contributed by atoms with E-state index in [1.54, 1.807) is 27.0 Å². The molecule has 3 aliphatic heterocycles. The summed E-state index contributed by atoms with van der Waals surface area (Å²) in [6.07, 6.45) is -1.41. The second-order valence-corrected chi connectivity index (χ2v) is 19.9. The summed E-state index contributed by atoms with van der Waals surface area (Å²) < 4.78 is 48.6. The number of esters is 1. The summed E-state index contributed by atoms with van der Waals surface area (Å²) in [5.74, 6) is -6.98. The second kappa shape index (κ2) is 26.4. The van der Waals surface area contributed by atoms with Gasteiger partial charge in [0, 0.05) is 61.4 Å². The van der Waals surface area contributed by atoms with Crippen molar-refractivity contribution in [3.05, 3.63) is 61.7 Å². The second-order valence-electron chi connectivity index (χ2n) is 19.9. The number of aliphatic hydroxyl groups is 2. The van der Waals surface area contributed by atoms with Crippen molar-refractivity contribution in [3.63, 3.8) is 0 Å². The molecule has 26 heteroatoms. The number of ether oxygens (including phenoxy) is 6. The molecule has 7 amide bonds. The average molecular weight is 1110 g/mol. The van der Waals surface area contributed by atoms with Crippen molar-refractivity contribution in [1.29, 1.82) is 0 Å². The van der Waals surface area contributed by atoms with E-state index in [1.807, 2.05) is 0 Å². The van der Waals surface area contributed by atoms with Crippen molar-refractivity contribution in [1.82, 2.24) is 41.0 Å². The highest BCUT2D eigenvalue weighted by molar-refractivity contribution is 6.07. The van der Waals surface area contributed by atoms with Crippen LogP contribution in [0.5, 0.6) is 0 Å². The molecule has 7 atom stereocenters. The van der Waals surface area contributed by atoms with Crippen LogP contribution in [0.3, 0.4) is 0 Å². The number of aliphatic hydroxyl groups excluding tert-OH is 1. The first-order chi connectivity index (χ1) is 37.7. The maximum absolute atomic E-state index is 15.4. The van der Waals surface area contributed by atoms with Gasteiger partial charge in [-0.25, -0.2) is 14.2 Å². The molecule has 0 radical (unpaired) electrons. The predicted molar refractivity (Wildman–Crippen MR) is 275 cm³/mol. The first-order valence-electron chi connectivity index (χ1n) is 26.3. The minimum atomic E-state index is -2.07. The lowest BCUT2D eigenvalue weighted by Gasteiger charge is -2.31. The number of aromatic nitrogens is 2. The number of imide groups is 1. The van der Waals surface area contributed by atoms with E-state index >= 15 is 4.39 Å². The van der Waals surface area contributed by atoms with Crippen LogP contribution in [0, 0.1) is 18.7 Å². The van der Waals surface area contributed by atoms with Gasteiger partial charge in [-0.3, -0.25) is 43.3 Å². The van der Waals surface area contributed by atoms with Crippen molar-refractivity contribution in [2.45, 2.75) is 122 Å². The Hall–Kier alpha value is -6.81. The van der Waals surface area contributed by atoms with Gasteiger partial charge in [-0.15, -0.1) is 0 Å². The minimum Gasteiger partial charge on any atom is -0.458 e. The molecule has 430 valence electrons. The van der Waals surface area contributed by atoms with Crippen LogP contribution < -0.4 is 32.1 Å². The van der Waals surface area contributed by atoms with Crippen LogP contribution in [0.15, 0.2) is 16.9 Å². The van der Waals surface area contributed by atoms with E-state index in [1.165, 1.54) is 31.4 Å². The highest BCUT2D eigenvalue weighted by atomic mass is 19.1. The van der Waals surface area contributed by atoms with E-state index in [2.05, 4.69) is 26.6 Å². The number of cyclic esters (lactones) is 1. The van der Waals surface area contributed by atoms with Gasteiger partial charge < -0.3 is 69.8 Å². The number of rotatable bonds is 28. The number of nitrogens with zero attached hydrogens (tertiary/aromatic N) is 3. The molecular formula is C53H69FN8O17. The maximum atomic E-state index is 15.4. The molecule has 0 bridgehead atoms. The van der Waals surface area contributed by atoms with Crippen LogP contribution in [0.25, 0.3) is 22.3 Å². The molecule has 1 aromatic carbocycles. The fourth-order valence-electron chi connectivity index (χ4n) is 10.0. The summed E-state index contributed by atoms with van der Waals surface area (Å²) in [6.45, 7) is 8.30. The number of carbonyl (C=O) groups is 8. The molecule has 4 aliphatic rings. The lowest BCUT2D eigenvalue weighted by molar-refractivity contribution is -0.172. The molecule has 2 unspecified atom stereocenters. The number of halogens is 1. The largest absolute Gasteiger partial charge is 0.458 e. The number of pyridine rings is 2. The van der Waals surface area contributed by atoms with Crippen LogP contribution in [0.1, 0.15) is 99.2 Å². The molecule has 5 heterocycles. The molecule has 0 saturated carbocycles. The number of nitrogens with one attached hydrogen (secondary N) is 5. The lowest BCUT2D eigenvalue weighted by Crippen LogP contribution is -2.58. The molecule has 7 N–H and O–H groups in total. The summed E-state index contributed by atoms with van der Waals surface area (Å²) in [5, 5.41) is 35.8. The van der Waals surface area contributed by atoms with E-state index in [4.69, 9.17) is 33.4 Å². The normalized spacial score (nSPS) is 19.7. The van der Waals surface area contributed by atoms with Gasteiger partial charge in [0.05, 0.1) is 87.9 Å². The maximum Gasteiger partial charge on any atom is 0.343 e. The Bertz CT molecular complexity index is 2920. The van der Waals surface area contributed by atoms with Gasteiger partial charge in [-0.1, -0.05) is 13.8 Å². The number of hydrogen-bond donors (Lipinski definition) is 7. The number of amides is 7. The third-order valence-corrected chi connectivity index (χ3v) is 14.5. The standard InChI is InChI=1S/C53H69FN8O17/c1-7-53(73)34-21-38-45-32(24-61(38)51(71)33(34)25-79-52(53)72)44-36(9-8-31-28(3)35(54)22-37(59-45)43(31)44)60-49(69)40(63)10-12-78-26-56-46(66)29(4)57-47(67)30(5)58-48(68)39(62-42(65)20-27(2)50(62)70)23-55-41(64)11-13-75-16-17-77-19-18-76-15-14-74-6/h21-22,27,29-30,36,39-40,63,73H,7-20,23-26H2,1-6H3,(H,55,64)(H,56,66)(H,57,67)(H,58,68)(H,60,69)/t27?,29-,30-,36-,39?,40+,53-/m0/s1. The molecule has 3 aromatic rings. The molecular weight excluding hydrogens is 1040 g/mol. The van der Waals surface area contributed by atoms with Crippen molar-refractivity contribution >= 4 is 58.2 Å². The number of aryl methyl sites for hydroxylation is 1. The predicted octanol–water partition coefficient (Wildman–Crippen LogP) is -0.553. The zero-order chi connectivity index (χ0) is 57.3. The van der Waals surface area contributed by atoms with Crippen molar-refractivity contribution < 1.29 is 81.4 Å². The number of fused-ring (bicyclic) bond motifs is 5. The Balaban J connectivity index is 0.872. The van der Waals surface area contributed by atoms with E-state index in [-0.39, 0.29) is 88.6 Å². The number of benzene rings is 1. The molecule has 79 heavy (non-hydrogen) atoms. The monoisotopic (exact) mass is 1110 g/mol. The summed E-state index contributed by atoms with van der Waals surface area (Å²) in [5.41, 5.74) is 0.876. The summed E-state index contributed by atoms with van der Waals surface area (Å²) in [4.78, 5) is 124. The minimum absolute atomic E-state index is 0.0213. The van der Waals surface area contributed by atoms with Gasteiger partial charge in [0.2, 0.25) is 41.4 Å². The zero-order valence-corrected chi connectivity index (χ0v) is 45.1. The Kier molecular flexibility index (Phi) is 20.0. The molecule has 0 spiro atoms. The lowest BCUT2D eigenvalue weighted by atomic mass is 9.81. The van der Waals surface area contributed by atoms with E-state index in [0.717, 1.165) is 4.90 Å². The van der Waals surface area contributed by atoms with Gasteiger partial charge in [0.15, 0.2) is 5.60 Å². The Morgan fingerprint density at radius 3 is 2.22 bits per heavy atom. The van der Waals surface area contributed by atoms with E-state index < -0.39 is 107 Å². The molecule has 25 nitrogen and oxygen atoms in total. The zero-order valence-electron chi connectivity index (χ0n) is 45.1. The first-order valence-corrected chi connectivity index (χ1v) is 26.3. The van der Waals surface area contributed by atoms with Gasteiger partial charge in [-0.2, -0.15) is 0 Å². The fourth-order valence-corrected chi connectivity index (χ4v) is 10.0. The smallest absolute Gasteiger partial charge is 0.343 e. The van der Waals surface area contributed by atoms with Crippen molar-refractivity contribution in [2.75, 3.05) is 73.2 Å². The summed E-state index contributed by atoms with van der Waals surface area (Å²) >= 11 is 0. The van der Waals surface area contributed by atoms with Crippen molar-refractivity contribution in [3.8, 4) is 11.4 Å². The molecule has 2 aromatic heterocycles. The summed E-state index contributed by atoms with van der Waals surface area (Å²) in [6, 6.07) is -1.80. The third-order valence-electron chi connectivity index (χ3n) is 14.5. The quantitative estimate of drug-likeness (QED) is 0.0162.